The maximum absolute atomic E-state index is 12.2. The van der Waals surface area contributed by atoms with E-state index in [0.717, 1.165) is 0 Å². The average molecular weight is 379 g/mol. The van der Waals surface area contributed by atoms with E-state index in [0.29, 0.717) is 27.8 Å². The average Bonchev–Trinajstić information content (AvgIpc) is 2.65. The number of benzene rings is 2. The Morgan fingerprint density at radius 1 is 0.923 bits per heavy atom. The number of amides is 2. The standard InChI is InChI=1S/C18H19ClN2O5/c1-24-14-7-12(8-15(10-14)25-2)18(23)21-20-17(22)9-11-6-13(19)4-5-16(11)26-3/h4-8,10H,9H2,1-3H3,(H,20,22)(H,21,23). The molecule has 7 nitrogen and oxygen atoms in total. The Bertz CT molecular complexity index is 788. The molecule has 0 aromatic heterocycles. The molecule has 0 bridgehead atoms. The summed E-state index contributed by atoms with van der Waals surface area (Å²) in [4.78, 5) is 24.3. The highest BCUT2D eigenvalue weighted by molar-refractivity contribution is 6.30. The molecule has 0 aliphatic rings. The smallest absolute Gasteiger partial charge is 0.269 e. The third-order valence-electron chi connectivity index (χ3n) is 3.52. The van der Waals surface area contributed by atoms with E-state index in [1.165, 1.54) is 33.5 Å². The predicted octanol–water partition coefficient (Wildman–Crippen LogP) is 2.37. The molecule has 0 saturated heterocycles. The van der Waals surface area contributed by atoms with Crippen LogP contribution in [0, 0.1) is 0 Å². The molecule has 0 aliphatic carbocycles. The Hall–Kier alpha value is -2.93. The first kappa shape index (κ1) is 19.4. The van der Waals surface area contributed by atoms with Crippen LogP contribution in [0.2, 0.25) is 5.02 Å². The fourth-order valence-electron chi connectivity index (χ4n) is 2.24. The maximum Gasteiger partial charge on any atom is 0.269 e. The normalized spacial score (nSPS) is 10.0. The third kappa shape index (κ3) is 5.03. The van der Waals surface area contributed by atoms with Gasteiger partial charge in [-0.25, -0.2) is 0 Å². The molecule has 0 unspecified atom stereocenters. The number of hydrogen-bond acceptors (Lipinski definition) is 5. The van der Waals surface area contributed by atoms with Crippen molar-refractivity contribution in [2.24, 2.45) is 0 Å². The molecule has 0 radical (unpaired) electrons. The number of methoxy groups -OCH3 is 3. The number of hydrogen-bond donors (Lipinski definition) is 2. The summed E-state index contributed by atoms with van der Waals surface area (Å²) in [7, 11) is 4.47. The summed E-state index contributed by atoms with van der Waals surface area (Å²) in [5.74, 6) is 0.532. The van der Waals surface area contributed by atoms with E-state index in [4.69, 9.17) is 25.8 Å². The van der Waals surface area contributed by atoms with Crippen molar-refractivity contribution in [3.05, 3.63) is 52.5 Å². The van der Waals surface area contributed by atoms with E-state index in [1.807, 2.05) is 0 Å². The predicted molar refractivity (Wildman–Crippen MR) is 96.9 cm³/mol. The van der Waals surface area contributed by atoms with Crippen LogP contribution in [0.3, 0.4) is 0 Å². The minimum atomic E-state index is -0.506. The number of rotatable bonds is 6. The lowest BCUT2D eigenvalue weighted by molar-refractivity contribution is -0.121. The summed E-state index contributed by atoms with van der Waals surface area (Å²) < 4.78 is 15.4. The van der Waals surface area contributed by atoms with Gasteiger partial charge in [0.1, 0.15) is 17.2 Å². The van der Waals surface area contributed by atoms with Crippen LogP contribution in [0.4, 0.5) is 0 Å². The van der Waals surface area contributed by atoms with E-state index < -0.39 is 11.8 Å². The van der Waals surface area contributed by atoms with E-state index >= 15 is 0 Å². The maximum atomic E-state index is 12.2. The van der Waals surface area contributed by atoms with Crippen molar-refractivity contribution in [1.29, 1.82) is 0 Å². The molecule has 26 heavy (non-hydrogen) atoms. The molecule has 2 N–H and O–H groups in total. The van der Waals surface area contributed by atoms with Gasteiger partial charge in [0.15, 0.2) is 0 Å². The van der Waals surface area contributed by atoms with Gasteiger partial charge in [0.25, 0.3) is 5.91 Å². The van der Waals surface area contributed by atoms with Crippen LogP contribution < -0.4 is 25.1 Å². The molecule has 0 aliphatic heterocycles. The van der Waals surface area contributed by atoms with Crippen molar-refractivity contribution in [3.63, 3.8) is 0 Å². The molecular weight excluding hydrogens is 360 g/mol. The lowest BCUT2D eigenvalue weighted by Crippen LogP contribution is -2.42. The zero-order valence-electron chi connectivity index (χ0n) is 14.6. The number of carbonyl (C=O) groups is 2. The largest absolute Gasteiger partial charge is 0.497 e. The zero-order chi connectivity index (χ0) is 19.1. The van der Waals surface area contributed by atoms with Gasteiger partial charge >= 0.3 is 0 Å². The number of halogens is 1. The molecule has 0 saturated carbocycles. The minimum Gasteiger partial charge on any atom is -0.497 e. The first-order valence-electron chi connectivity index (χ1n) is 7.61. The molecule has 0 spiro atoms. The van der Waals surface area contributed by atoms with Crippen LogP contribution in [-0.2, 0) is 11.2 Å². The first-order valence-corrected chi connectivity index (χ1v) is 7.99. The van der Waals surface area contributed by atoms with E-state index in [-0.39, 0.29) is 12.0 Å². The summed E-state index contributed by atoms with van der Waals surface area (Å²) in [5.41, 5.74) is 5.59. The van der Waals surface area contributed by atoms with Crippen molar-refractivity contribution in [2.75, 3.05) is 21.3 Å². The van der Waals surface area contributed by atoms with Crippen LogP contribution in [-0.4, -0.2) is 33.1 Å². The quantitative estimate of drug-likeness (QED) is 0.754. The summed E-state index contributed by atoms with van der Waals surface area (Å²) >= 11 is 5.94. The molecule has 2 aromatic rings. The second-order valence-corrected chi connectivity index (χ2v) is 5.67. The molecule has 138 valence electrons. The summed E-state index contributed by atoms with van der Waals surface area (Å²) in [6, 6.07) is 9.68. The van der Waals surface area contributed by atoms with Gasteiger partial charge in [0.2, 0.25) is 5.91 Å². The van der Waals surface area contributed by atoms with E-state index in [2.05, 4.69) is 10.9 Å². The third-order valence-corrected chi connectivity index (χ3v) is 3.76. The molecule has 0 heterocycles. The fourth-order valence-corrected chi connectivity index (χ4v) is 2.43. The van der Waals surface area contributed by atoms with Crippen molar-refractivity contribution in [1.82, 2.24) is 10.9 Å². The molecule has 8 heteroatoms. The van der Waals surface area contributed by atoms with Crippen LogP contribution >= 0.6 is 11.6 Å². The number of nitrogens with one attached hydrogen (secondary N) is 2. The Balaban J connectivity index is 2.01. The van der Waals surface area contributed by atoms with Crippen molar-refractivity contribution in [3.8, 4) is 17.2 Å². The second kappa shape index (κ2) is 8.96. The van der Waals surface area contributed by atoms with Gasteiger partial charge in [-0.15, -0.1) is 0 Å². The lowest BCUT2D eigenvalue weighted by atomic mass is 10.1. The van der Waals surface area contributed by atoms with Crippen molar-refractivity contribution in [2.45, 2.75) is 6.42 Å². The summed E-state index contributed by atoms with van der Waals surface area (Å²) in [6.07, 6.45) is -0.00849. The molecular formula is C18H19ClN2O5. The Kier molecular flexibility index (Phi) is 6.68. The number of carbonyl (C=O) groups excluding carboxylic acids is 2. The van der Waals surface area contributed by atoms with Crippen molar-refractivity contribution < 1.29 is 23.8 Å². The van der Waals surface area contributed by atoms with Gasteiger partial charge in [-0.2, -0.15) is 0 Å². The van der Waals surface area contributed by atoms with Gasteiger partial charge in [0, 0.05) is 22.2 Å². The molecule has 0 fully saturated rings. The molecule has 2 aromatic carbocycles. The molecule has 2 amide bonds. The van der Waals surface area contributed by atoms with Gasteiger partial charge in [0.05, 0.1) is 27.8 Å². The Morgan fingerprint density at radius 3 is 2.15 bits per heavy atom. The van der Waals surface area contributed by atoms with E-state index in [1.54, 1.807) is 24.3 Å². The van der Waals surface area contributed by atoms with Gasteiger partial charge in [-0.1, -0.05) is 11.6 Å². The molecule has 2 rings (SSSR count). The summed E-state index contributed by atoms with van der Waals surface area (Å²) in [5, 5.41) is 0.487. The zero-order valence-corrected chi connectivity index (χ0v) is 15.3. The van der Waals surface area contributed by atoms with E-state index in [9.17, 15) is 9.59 Å². The second-order valence-electron chi connectivity index (χ2n) is 5.24. The highest BCUT2D eigenvalue weighted by atomic mass is 35.5. The van der Waals surface area contributed by atoms with Crippen LogP contribution in [0.1, 0.15) is 15.9 Å². The lowest BCUT2D eigenvalue weighted by Gasteiger charge is -2.11. The monoisotopic (exact) mass is 378 g/mol. The van der Waals surface area contributed by atoms with Crippen LogP contribution in [0.15, 0.2) is 36.4 Å². The highest BCUT2D eigenvalue weighted by Gasteiger charge is 2.13. The van der Waals surface area contributed by atoms with Crippen molar-refractivity contribution >= 4 is 23.4 Å². The number of ether oxygens (including phenoxy) is 3. The topological polar surface area (TPSA) is 85.9 Å². The minimum absolute atomic E-state index is 0.00849. The molecule has 0 atom stereocenters. The fraction of sp³-hybridized carbons (Fsp3) is 0.222. The first-order chi connectivity index (χ1) is 12.5. The SMILES string of the molecule is COc1cc(OC)cc(C(=O)NNC(=O)Cc2cc(Cl)ccc2OC)c1. The highest BCUT2D eigenvalue weighted by Crippen LogP contribution is 2.23. The Morgan fingerprint density at radius 2 is 1.58 bits per heavy atom. The number of hydrazine groups is 1. The van der Waals surface area contributed by atoms with Crippen LogP contribution in [0.25, 0.3) is 0 Å². The Labute approximate surface area is 156 Å². The van der Waals surface area contributed by atoms with Gasteiger partial charge in [-0.05, 0) is 30.3 Å². The summed E-state index contributed by atoms with van der Waals surface area (Å²) in [6.45, 7) is 0. The van der Waals surface area contributed by atoms with Gasteiger partial charge in [-0.3, -0.25) is 20.4 Å². The van der Waals surface area contributed by atoms with Gasteiger partial charge < -0.3 is 14.2 Å². The van der Waals surface area contributed by atoms with Crippen LogP contribution in [0.5, 0.6) is 17.2 Å².